The van der Waals surface area contributed by atoms with Gasteiger partial charge < -0.3 is 15.0 Å². The molecular formula is C40H39Cl2N3O5S. The monoisotopic (exact) mass is 743 g/mol. The van der Waals surface area contributed by atoms with E-state index in [2.05, 4.69) is 5.32 Å². The summed E-state index contributed by atoms with van der Waals surface area (Å²) in [6, 6.07) is 36.6. The van der Waals surface area contributed by atoms with Crippen LogP contribution in [0.15, 0.2) is 138 Å². The van der Waals surface area contributed by atoms with Gasteiger partial charge in [0, 0.05) is 34.6 Å². The molecule has 0 saturated heterocycles. The number of hydrogen-bond acceptors (Lipinski definition) is 5. The van der Waals surface area contributed by atoms with Crippen LogP contribution >= 0.6 is 23.2 Å². The Bertz CT molecular complexity index is 2000. The van der Waals surface area contributed by atoms with E-state index in [0.717, 1.165) is 9.87 Å². The average molecular weight is 745 g/mol. The first-order valence-electron chi connectivity index (χ1n) is 16.5. The summed E-state index contributed by atoms with van der Waals surface area (Å²) in [4.78, 5) is 30.2. The second-order valence-corrected chi connectivity index (χ2v) is 14.7. The number of para-hydroxylation sites is 1. The smallest absolute Gasteiger partial charge is 0.264 e. The van der Waals surface area contributed by atoms with E-state index >= 15 is 0 Å². The molecule has 0 bridgehead atoms. The van der Waals surface area contributed by atoms with Gasteiger partial charge in [-0.3, -0.25) is 13.9 Å². The number of halogens is 2. The van der Waals surface area contributed by atoms with Crippen molar-refractivity contribution in [2.24, 2.45) is 0 Å². The van der Waals surface area contributed by atoms with E-state index in [1.165, 1.54) is 17.0 Å². The Morgan fingerprint density at radius 2 is 1.29 bits per heavy atom. The summed E-state index contributed by atoms with van der Waals surface area (Å²) in [6.07, 6.45) is 0.828. The molecule has 0 heterocycles. The molecule has 0 aromatic heterocycles. The molecule has 0 fully saturated rings. The van der Waals surface area contributed by atoms with Crippen LogP contribution in [0.1, 0.15) is 31.4 Å². The van der Waals surface area contributed by atoms with Gasteiger partial charge in [-0.1, -0.05) is 103 Å². The van der Waals surface area contributed by atoms with Gasteiger partial charge >= 0.3 is 0 Å². The minimum absolute atomic E-state index is 0.00143. The van der Waals surface area contributed by atoms with E-state index in [1.54, 1.807) is 60.7 Å². The maximum absolute atomic E-state index is 14.8. The van der Waals surface area contributed by atoms with Crippen LogP contribution in [-0.4, -0.2) is 43.8 Å². The van der Waals surface area contributed by atoms with E-state index in [1.807, 2.05) is 74.5 Å². The van der Waals surface area contributed by atoms with E-state index in [0.29, 0.717) is 33.5 Å². The molecule has 5 rings (SSSR count). The number of carbonyl (C=O) groups excluding carboxylic acids is 2. The van der Waals surface area contributed by atoms with Crippen molar-refractivity contribution in [3.05, 3.63) is 155 Å². The number of sulfonamides is 1. The number of ether oxygens (including phenoxy) is 1. The zero-order chi connectivity index (χ0) is 36.4. The van der Waals surface area contributed by atoms with Crippen molar-refractivity contribution >= 4 is 50.7 Å². The molecule has 0 aliphatic carbocycles. The number of nitrogens with zero attached hydrogens (tertiary/aromatic N) is 2. The third-order valence-electron chi connectivity index (χ3n) is 8.38. The quantitative estimate of drug-likeness (QED) is 0.116. The lowest BCUT2D eigenvalue weighted by atomic mass is 10.0. The van der Waals surface area contributed by atoms with Gasteiger partial charge in [0.15, 0.2) is 0 Å². The highest BCUT2D eigenvalue weighted by molar-refractivity contribution is 7.92. The molecule has 51 heavy (non-hydrogen) atoms. The summed E-state index contributed by atoms with van der Waals surface area (Å²) in [5.41, 5.74) is 1.48. The summed E-state index contributed by atoms with van der Waals surface area (Å²) in [6.45, 7) is 3.06. The number of rotatable bonds is 15. The second-order valence-electron chi connectivity index (χ2n) is 12.0. The van der Waals surface area contributed by atoms with Gasteiger partial charge in [0.25, 0.3) is 10.0 Å². The minimum atomic E-state index is -4.28. The van der Waals surface area contributed by atoms with Crippen LogP contribution < -0.4 is 14.4 Å². The Hall–Kier alpha value is -4.83. The van der Waals surface area contributed by atoms with Crippen molar-refractivity contribution < 1.29 is 22.7 Å². The lowest BCUT2D eigenvalue weighted by Gasteiger charge is -2.34. The van der Waals surface area contributed by atoms with E-state index < -0.39 is 28.5 Å². The highest BCUT2D eigenvalue weighted by Crippen LogP contribution is 2.30. The molecule has 0 aliphatic rings. The van der Waals surface area contributed by atoms with Gasteiger partial charge in [0.1, 0.15) is 24.1 Å². The first-order valence-corrected chi connectivity index (χ1v) is 18.7. The van der Waals surface area contributed by atoms with Crippen molar-refractivity contribution in [1.82, 2.24) is 10.2 Å². The number of carbonyl (C=O) groups is 2. The van der Waals surface area contributed by atoms with Gasteiger partial charge in [-0.05, 0) is 79.6 Å². The normalized spacial score (nSPS) is 12.4. The predicted molar refractivity (Wildman–Crippen MR) is 203 cm³/mol. The molecule has 5 aromatic rings. The fourth-order valence-corrected chi connectivity index (χ4v) is 7.35. The van der Waals surface area contributed by atoms with Crippen molar-refractivity contribution in [1.29, 1.82) is 0 Å². The van der Waals surface area contributed by atoms with Crippen LogP contribution in [0.3, 0.4) is 0 Å². The standard InChI is InChI=1S/C40H39Cl2N3O5S/c1-3-29(2)43-40(47)38(26-30-14-7-4-8-15-30)44(27-35-36(41)20-13-21-37(35)42)39(46)28-45(51(48,49)34-18-11-6-12-19-34)31-22-24-33(25-23-31)50-32-16-9-5-10-17-32/h4-25,29,38H,3,26-28H2,1-2H3,(H,43,47)/t29-,38+/m1/s1. The molecule has 0 saturated carbocycles. The largest absolute Gasteiger partial charge is 0.457 e. The van der Waals surface area contributed by atoms with Gasteiger partial charge in [-0.2, -0.15) is 0 Å². The molecule has 264 valence electrons. The molecule has 5 aromatic carbocycles. The Kier molecular flexibility index (Phi) is 12.8. The SMILES string of the molecule is CC[C@@H](C)NC(=O)[C@H](Cc1ccccc1)N(Cc1c(Cl)cccc1Cl)C(=O)CN(c1ccc(Oc2ccccc2)cc1)S(=O)(=O)c1ccccc1. The molecule has 8 nitrogen and oxygen atoms in total. The maximum Gasteiger partial charge on any atom is 0.264 e. The minimum Gasteiger partial charge on any atom is -0.457 e. The Morgan fingerprint density at radius 3 is 1.88 bits per heavy atom. The molecular weight excluding hydrogens is 705 g/mol. The third kappa shape index (κ3) is 9.70. The number of anilines is 1. The Morgan fingerprint density at radius 1 is 0.745 bits per heavy atom. The second kappa shape index (κ2) is 17.4. The molecule has 0 spiro atoms. The molecule has 0 aliphatic heterocycles. The van der Waals surface area contributed by atoms with Crippen LogP contribution in [0.4, 0.5) is 5.69 Å². The number of hydrogen-bond donors (Lipinski definition) is 1. The van der Waals surface area contributed by atoms with Gasteiger partial charge in [-0.25, -0.2) is 8.42 Å². The zero-order valence-electron chi connectivity index (χ0n) is 28.3. The van der Waals surface area contributed by atoms with Gasteiger partial charge in [0.2, 0.25) is 11.8 Å². The summed E-state index contributed by atoms with van der Waals surface area (Å²) in [7, 11) is -4.28. The number of nitrogens with one attached hydrogen (secondary N) is 1. The Labute approximate surface area is 309 Å². The molecule has 0 radical (unpaired) electrons. The van der Waals surface area contributed by atoms with Crippen molar-refractivity contribution in [2.75, 3.05) is 10.8 Å². The third-order valence-corrected chi connectivity index (χ3v) is 10.9. The predicted octanol–water partition coefficient (Wildman–Crippen LogP) is 8.54. The fourth-order valence-electron chi connectivity index (χ4n) is 5.40. The average Bonchev–Trinajstić information content (AvgIpc) is 3.14. The number of amides is 2. The van der Waals surface area contributed by atoms with E-state index in [4.69, 9.17) is 27.9 Å². The molecule has 11 heteroatoms. The highest BCUT2D eigenvalue weighted by atomic mass is 35.5. The summed E-state index contributed by atoms with van der Waals surface area (Å²) in [5.74, 6) is 0.0797. The lowest BCUT2D eigenvalue weighted by Crippen LogP contribution is -2.54. The van der Waals surface area contributed by atoms with Crippen molar-refractivity contribution in [3.8, 4) is 11.5 Å². The molecule has 2 amide bonds. The number of benzene rings is 5. The molecule has 1 N–H and O–H groups in total. The van der Waals surface area contributed by atoms with Crippen LogP contribution in [0.5, 0.6) is 11.5 Å². The van der Waals surface area contributed by atoms with Crippen LogP contribution in [-0.2, 0) is 32.6 Å². The van der Waals surface area contributed by atoms with Crippen molar-refractivity contribution in [3.63, 3.8) is 0 Å². The first kappa shape index (κ1) is 37.4. The van der Waals surface area contributed by atoms with E-state index in [9.17, 15) is 18.0 Å². The van der Waals surface area contributed by atoms with Crippen LogP contribution in [0.25, 0.3) is 0 Å². The fraction of sp³-hybridized carbons (Fsp3) is 0.200. The zero-order valence-corrected chi connectivity index (χ0v) is 30.6. The summed E-state index contributed by atoms with van der Waals surface area (Å²) < 4.78 is 35.6. The molecule has 0 unspecified atom stereocenters. The van der Waals surface area contributed by atoms with Crippen LogP contribution in [0, 0.1) is 0 Å². The van der Waals surface area contributed by atoms with E-state index in [-0.39, 0.29) is 35.5 Å². The topological polar surface area (TPSA) is 96.0 Å². The van der Waals surface area contributed by atoms with Crippen LogP contribution in [0.2, 0.25) is 10.0 Å². The first-order chi connectivity index (χ1) is 24.6. The van der Waals surface area contributed by atoms with Gasteiger partial charge in [0.05, 0.1) is 10.6 Å². The lowest BCUT2D eigenvalue weighted by molar-refractivity contribution is -0.140. The molecule has 2 atom stereocenters. The Balaban J connectivity index is 1.58. The van der Waals surface area contributed by atoms with Crippen molar-refractivity contribution in [2.45, 2.75) is 50.2 Å². The maximum atomic E-state index is 14.8. The summed E-state index contributed by atoms with van der Waals surface area (Å²) >= 11 is 13.2. The summed E-state index contributed by atoms with van der Waals surface area (Å²) in [5, 5.41) is 3.64. The highest BCUT2D eigenvalue weighted by Gasteiger charge is 2.35. The van der Waals surface area contributed by atoms with Gasteiger partial charge in [-0.15, -0.1) is 0 Å².